The van der Waals surface area contributed by atoms with Crippen molar-refractivity contribution in [3.8, 4) is 0 Å². The number of carbonyl (C=O) groups is 1. The highest BCUT2D eigenvalue weighted by atomic mass is 32.2. The fourth-order valence-electron chi connectivity index (χ4n) is 3.53. The molecule has 2 aliphatic rings. The maximum Gasteiger partial charge on any atom is 0.313 e. The van der Waals surface area contributed by atoms with Gasteiger partial charge in [0.2, 0.25) is 0 Å². The number of carbonyl (C=O) groups excluding carboxylic acids is 1. The molecule has 0 bridgehead atoms. The Kier molecular flexibility index (Phi) is 5.59. The molecule has 3 rings (SSSR count). The zero-order valence-corrected chi connectivity index (χ0v) is 18.1. The minimum absolute atomic E-state index is 0.000936. The molecule has 8 nitrogen and oxygen atoms in total. The molecule has 0 amide bonds. The van der Waals surface area contributed by atoms with Crippen LogP contribution in [0.5, 0.6) is 0 Å². The minimum atomic E-state index is -2.92. The predicted octanol–water partition coefficient (Wildman–Crippen LogP) is 2.64. The summed E-state index contributed by atoms with van der Waals surface area (Å²) in [5.41, 5.74) is 3.83. The van der Waals surface area contributed by atoms with Crippen molar-refractivity contribution in [2.75, 3.05) is 24.6 Å². The molecule has 29 heavy (non-hydrogen) atoms. The third kappa shape index (κ3) is 4.68. The quantitative estimate of drug-likeness (QED) is 0.749. The van der Waals surface area contributed by atoms with Gasteiger partial charge in [-0.2, -0.15) is 0 Å². The van der Waals surface area contributed by atoms with Gasteiger partial charge in [0.1, 0.15) is 50.6 Å². The van der Waals surface area contributed by atoms with Gasteiger partial charge in [0.05, 0.1) is 12.3 Å². The second-order valence-corrected chi connectivity index (χ2v) is 10.7. The molecule has 2 N–H and O–H groups in total. The van der Waals surface area contributed by atoms with Crippen molar-refractivity contribution >= 4 is 27.5 Å². The number of nitrogen functional groups attached to an aromatic ring is 1. The van der Waals surface area contributed by atoms with E-state index in [0.29, 0.717) is 13.1 Å². The van der Waals surface area contributed by atoms with Crippen LogP contribution in [0.2, 0.25) is 0 Å². The molecule has 0 aliphatic carbocycles. The van der Waals surface area contributed by atoms with Crippen LogP contribution in [-0.2, 0) is 25.0 Å². The van der Waals surface area contributed by atoms with Crippen molar-refractivity contribution in [2.24, 2.45) is 9.36 Å². The topological polar surface area (TPSA) is 110 Å². The number of fused-ring (bicyclic) bond motifs is 1. The van der Waals surface area contributed by atoms with Crippen LogP contribution in [0.25, 0.3) is 0 Å². The molecule has 0 unspecified atom stereocenters. The summed E-state index contributed by atoms with van der Waals surface area (Å²) in [6.07, 6.45) is 1.38. The van der Waals surface area contributed by atoms with E-state index in [1.54, 1.807) is 32.0 Å². The van der Waals surface area contributed by atoms with Crippen LogP contribution in [0, 0.1) is 5.82 Å². The molecule has 0 fully saturated rings. The summed E-state index contributed by atoms with van der Waals surface area (Å²) in [4.78, 5) is 21.3. The summed E-state index contributed by atoms with van der Waals surface area (Å²) >= 11 is 0. The van der Waals surface area contributed by atoms with Crippen LogP contribution < -0.4 is 5.73 Å². The number of nitrogens with zero attached hydrogens (tertiary/aromatic N) is 4. The van der Waals surface area contributed by atoms with E-state index in [4.69, 9.17) is 10.5 Å². The lowest BCUT2D eigenvalue weighted by atomic mass is 9.99. The van der Waals surface area contributed by atoms with Crippen molar-refractivity contribution in [3.63, 3.8) is 0 Å². The Labute approximate surface area is 171 Å². The second kappa shape index (κ2) is 7.55. The second-order valence-electron chi connectivity index (χ2n) is 8.54. The third-order valence-corrected chi connectivity index (χ3v) is 7.25. The third-order valence-electron chi connectivity index (χ3n) is 4.64. The normalized spacial score (nSPS) is 27.3. The number of ether oxygens (including phenoxy) is 1. The highest BCUT2D eigenvalue weighted by molar-refractivity contribution is 7.92. The monoisotopic (exact) mass is 425 g/mol. The zero-order valence-electron chi connectivity index (χ0n) is 17.3. The number of pyridine rings is 1. The van der Waals surface area contributed by atoms with Crippen molar-refractivity contribution in [2.45, 2.75) is 58.1 Å². The predicted molar refractivity (Wildman–Crippen MR) is 110 cm³/mol. The first kappa shape index (κ1) is 21.5. The van der Waals surface area contributed by atoms with Crippen LogP contribution in [0.15, 0.2) is 21.5 Å². The van der Waals surface area contributed by atoms with E-state index < -0.39 is 32.8 Å². The molecule has 1 aromatic heterocycles. The van der Waals surface area contributed by atoms with Crippen LogP contribution in [0.1, 0.15) is 52.7 Å². The van der Waals surface area contributed by atoms with E-state index >= 15 is 0 Å². The Bertz CT molecular complexity index is 965. The van der Waals surface area contributed by atoms with Gasteiger partial charge in [-0.1, -0.05) is 0 Å². The maximum absolute atomic E-state index is 14.6. The van der Waals surface area contributed by atoms with E-state index in [1.165, 1.54) is 12.1 Å². The molecule has 2 aliphatic heterocycles. The molecule has 160 valence electrons. The molecular weight excluding hydrogens is 397 g/mol. The van der Waals surface area contributed by atoms with E-state index in [0.717, 1.165) is 12.8 Å². The average molecular weight is 426 g/mol. The molecule has 10 heteroatoms. The lowest BCUT2D eigenvalue weighted by molar-refractivity contribution is -0.153. The molecule has 3 heterocycles. The van der Waals surface area contributed by atoms with Crippen molar-refractivity contribution in [3.05, 3.63) is 23.6 Å². The number of esters is 1. The Hall–Kier alpha value is -2.23. The van der Waals surface area contributed by atoms with Gasteiger partial charge in [0.15, 0.2) is 0 Å². The number of hydrogen-bond donors (Lipinski definition) is 1. The Morgan fingerprint density at radius 1 is 1.38 bits per heavy atom. The summed E-state index contributed by atoms with van der Waals surface area (Å²) in [5, 5.41) is 0. The fourth-order valence-corrected chi connectivity index (χ4v) is 6.12. The van der Waals surface area contributed by atoms with E-state index in [9.17, 15) is 13.4 Å². The fraction of sp³-hybridized carbons (Fsp3) is 0.632. The number of amidine groups is 1. The summed E-state index contributed by atoms with van der Waals surface area (Å²) in [6.45, 7) is 7.87. The Morgan fingerprint density at radius 2 is 2.10 bits per heavy atom. The first-order chi connectivity index (χ1) is 13.4. The molecule has 0 radical (unpaired) electrons. The number of rotatable bonds is 3. The largest absolute Gasteiger partial charge is 0.460 e. The molecule has 0 aromatic carbocycles. The number of anilines is 1. The number of hydrogen-bond acceptors (Lipinski definition) is 7. The molecular formula is C19H28FN5O3S. The molecule has 0 saturated carbocycles. The van der Waals surface area contributed by atoms with Crippen LogP contribution in [-0.4, -0.2) is 49.7 Å². The van der Waals surface area contributed by atoms with Crippen LogP contribution in [0.3, 0.4) is 0 Å². The summed E-state index contributed by atoms with van der Waals surface area (Å²) in [7, 11) is -2.92. The van der Waals surface area contributed by atoms with Crippen LogP contribution >= 0.6 is 0 Å². The van der Waals surface area contributed by atoms with Gasteiger partial charge in [-0.25, -0.2) is 17.9 Å². The highest BCUT2D eigenvalue weighted by Gasteiger charge is 2.44. The molecule has 2 atom stereocenters. The lowest BCUT2D eigenvalue weighted by Gasteiger charge is -2.39. The molecule has 0 spiro atoms. The van der Waals surface area contributed by atoms with Gasteiger partial charge in [-0.3, -0.25) is 14.1 Å². The Balaban J connectivity index is 2.10. The Morgan fingerprint density at radius 3 is 2.79 bits per heavy atom. The van der Waals surface area contributed by atoms with Gasteiger partial charge >= 0.3 is 5.97 Å². The number of aliphatic imine (C=N–C) groups is 1. The standard InChI is InChI=1S/C19H28FN5O3S/c1-18(2,3)28-16(26)11-15-24-19(4,17-13(20)7-8-14(21)23-17)12-29(27)22-9-5-6-10-25(15)29/h7-8H,5-6,9-12H2,1-4H3,(H2,21,23)/t19-,29+/m0/s1. The van der Waals surface area contributed by atoms with Crippen molar-refractivity contribution in [1.29, 1.82) is 0 Å². The maximum atomic E-state index is 14.6. The first-order valence-corrected chi connectivity index (χ1v) is 11.3. The van der Waals surface area contributed by atoms with Crippen molar-refractivity contribution in [1.82, 2.24) is 9.29 Å². The number of aromatic nitrogens is 1. The minimum Gasteiger partial charge on any atom is -0.460 e. The highest BCUT2D eigenvalue weighted by Crippen LogP contribution is 2.36. The smallest absolute Gasteiger partial charge is 0.313 e. The lowest BCUT2D eigenvalue weighted by Crippen LogP contribution is -2.50. The number of nitrogens with two attached hydrogens (primary N) is 1. The van der Waals surface area contributed by atoms with Gasteiger partial charge in [0.25, 0.3) is 0 Å². The molecule has 0 saturated heterocycles. The van der Waals surface area contributed by atoms with Gasteiger partial charge in [-0.05, 0) is 52.7 Å². The first-order valence-electron chi connectivity index (χ1n) is 9.63. The van der Waals surface area contributed by atoms with Gasteiger partial charge < -0.3 is 10.5 Å². The van der Waals surface area contributed by atoms with Crippen LogP contribution in [0.4, 0.5) is 10.2 Å². The summed E-state index contributed by atoms with van der Waals surface area (Å²) in [5.74, 6) is -0.681. The summed E-state index contributed by atoms with van der Waals surface area (Å²) in [6, 6.07) is 2.58. The van der Waals surface area contributed by atoms with E-state index in [-0.39, 0.29) is 29.5 Å². The number of halogens is 1. The zero-order chi connectivity index (χ0) is 21.4. The SMILES string of the molecule is CC(C)(C)OC(=O)CC1=N[C@](C)(c2nc(N)ccc2F)C[S@@]2(=O)=NCCCCN12. The van der Waals surface area contributed by atoms with Crippen molar-refractivity contribution < 1.29 is 18.1 Å². The van der Waals surface area contributed by atoms with Gasteiger partial charge in [-0.15, -0.1) is 0 Å². The van der Waals surface area contributed by atoms with E-state index in [2.05, 4.69) is 14.3 Å². The summed E-state index contributed by atoms with van der Waals surface area (Å²) < 4.78 is 39.9. The molecule has 1 aromatic rings. The van der Waals surface area contributed by atoms with Gasteiger partial charge in [0, 0.05) is 6.54 Å². The average Bonchev–Trinajstić information content (AvgIpc) is 2.76. The van der Waals surface area contributed by atoms with E-state index in [1.807, 2.05) is 0 Å².